The van der Waals surface area contributed by atoms with Crippen LogP contribution < -0.4 is 14.9 Å². The molecule has 1 aliphatic heterocycles. The maximum Gasteiger partial charge on any atom is 0.261 e. The number of nitrogens with one attached hydrogen (secondary N) is 2. The van der Waals surface area contributed by atoms with E-state index in [2.05, 4.69) is 31.7 Å². The molecule has 35 heavy (non-hydrogen) atoms. The summed E-state index contributed by atoms with van der Waals surface area (Å²) in [6.07, 6.45) is 1.74. The van der Waals surface area contributed by atoms with E-state index in [0.29, 0.717) is 0 Å². The summed E-state index contributed by atoms with van der Waals surface area (Å²) in [4.78, 5) is 21.9. The van der Waals surface area contributed by atoms with Crippen LogP contribution >= 0.6 is 0 Å². The molecule has 0 aliphatic carbocycles. The molecule has 3 aromatic rings. The Hall–Kier alpha value is -3.50. The maximum absolute atomic E-state index is 13.2. The van der Waals surface area contributed by atoms with Gasteiger partial charge in [-0.2, -0.15) is 0 Å². The van der Waals surface area contributed by atoms with Gasteiger partial charge in [0.25, 0.3) is 15.9 Å². The van der Waals surface area contributed by atoms with E-state index in [1.54, 1.807) is 18.3 Å². The normalized spacial score (nSPS) is 14.5. The predicted molar refractivity (Wildman–Crippen MR) is 133 cm³/mol. The number of carbonyl (C=O) groups excluding carboxylic acids is 1. The highest BCUT2D eigenvalue weighted by atomic mass is 32.2. The molecule has 0 atom stereocenters. The van der Waals surface area contributed by atoms with Crippen LogP contribution in [0.3, 0.4) is 0 Å². The first-order valence-corrected chi connectivity index (χ1v) is 12.9. The molecule has 1 fully saturated rings. The van der Waals surface area contributed by atoms with Gasteiger partial charge in [0.05, 0.1) is 16.1 Å². The molecule has 4 rings (SSSR count). The average molecular weight is 498 g/mol. The van der Waals surface area contributed by atoms with Gasteiger partial charge in [-0.25, -0.2) is 17.8 Å². The van der Waals surface area contributed by atoms with Gasteiger partial charge in [0.15, 0.2) is 0 Å². The second-order valence-corrected chi connectivity index (χ2v) is 9.92. The number of likely N-dealkylation sites (N-methyl/N-ethyl adjacent to an activating group) is 1. The number of hydrogen-bond acceptors (Lipinski definition) is 6. The fraction of sp³-hybridized carbons (Fsp3) is 0.280. The van der Waals surface area contributed by atoms with Crippen LogP contribution in [0.4, 0.5) is 15.9 Å². The number of carbonyl (C=O) groups is 1. The van der Waals surface area contributed by atoms with Crippen molar-refractivity contribution < 1.29 is 17.6 Å². The van der Waals surface area contributed by atoms with Crippen LogP contribution in [0.2, 0.25) is 0 Å². The molecule has 2 aromatic carbocycles. The molecule has 0 radical (unpaired) electrons. The van der Waals surface area contributed by atoms with Crippen LogP contribution in [0, 0.1) is 5.82 Å². The van der Waals surface area contributed by atoms with Crippen LogP contribution in [0.15, 0.2) is 71.8 Å². The summed E-state index contributed by atoms with van der Waals surface area (Å²) in [7, 11) is -3.99. The summed E-state index contributed by atoms with van der Waals surface area (Å²) in [5, 5.41) is 2.82. The van der Waals surface area contributed by atoms with Crippen LogP contribution in [0.5, 0.6) is 0 Å². The average Bonchev–Trinajstić information content (AvgIpc) is 2.88. The van der Waals surface area contributed by atoms with Gasteiger partial charge >= 0.3 is 0 Å². The Labute approximate surface area is 204 Å². The molecule has 2 N–H and O–H groups in total. The van der Waals surface area contributed by atoms with Crippen molar-refractivity contribution in [2.75, 3.05) is 42.3 Å². The molecule has 184 valence electrons. The second-order valence-electron chi connectivity index (χ2n) is 8.23. The molecule has 1 aromatic heterocycles. The van der Waals surface area contributed by atoms with Crippen LogP contribution in [-0.2, 0) is 16.6 Å². The Kier molecular flexibility index (Phi) is 7.62. The summed E-state index contributed by atoms with van der Waals surface area (Å²) < 4.78 is 41.0. The first-order valence-electron chi connectivity index (χ1n) is 11.4. The van der Waals surface area contributed by atoms with E-state index in [1.165, 1.54) is 24.3 Å². The highest BCUT2D eigenvalue weighted by Crippen LogP contribution is 2.21. The largest absolute Gasteiger partial charge is 0.354 e. The van der Waals surface area contributed by atoms with Crippen LogP contribution in [-0.4, -0.2) is 56.9 Å². The van der Waals surface area contributed by atoms with Crippen molar-refractivity contribution in [3.63, 3.8) is 0 Å². The fourth-order valence-electron chi connectivity index (χ4n) is 3.87. The van der Waals surface area contributed by atoms with Gasteiger partial charge in [-0.3, -0.25) is 9.52 Å². The van der Waals surface area contributed by atoms with E-state index in [9.17, 15) is 17.6 Å². The van der Waals surface area contributed by atoms with E-state index in [4.69, 9.17) is 0 Å². The topological polar surface area (TPSA) is 94.6 Å². The molecule has 1 aliphatic rings. The number of halogens is 1. The molecular formula is C25H28FN5O3S. The smallest absolute Gasteiger partial charge is 0.261 e. The Morgan fingerprint density at radius 1 is 1.00 bits per heavy atom. The van der Waals surface area contributed by atoms with Gasteiger partial charge in [-0.05, 0) is 54.6 Å². The van der Waals surface area contributed by atoms with Crippen molar-refractivity contribution in [2.45, 2.75) is 18.4 Å². The lowest BCUT2D eigenvalue weighted by Gasteiger charge is -2.34. The summed E-state index contributed by atoms with van der Waals surface area (Å²) in [5.74, 6) is -0.0520. The number of amides is 1. The minimum absolute atomic E-state index is 0.101. The summed E-state index contributed by atoms with van der Waals surface area (Å²) in [5.41, 5.74) is 1.14. The zero-order chi connectivity index (χ0) is 24.8. The summed E-state index contributed by atoms with van der Waals surface area (Å²) in [6.45, 7) is 7.35. The standard InChI is InChI=1S/C25H28FN5O3S/c1-2-30-13-15-31(16-14-30)24-12-7-19(17-27-24)18-28-25(32)22-5-3-4-6-23(22)29-35(33,34)21-10-8-20(26)9-11-21/h3-12,17,29H,2,13-16,18H2,1H3,(H,28,32). The summed E-state index contributed by atoms with van der Waals surface area (Å²) in [6, 6.07) is 14.7. The zero-order valence-electron chi connectivity index (χ0n) is 19.4. The van der Waals surface area contributed by atoms with Crippen molar-refractivity contribution in [1.82, 2.24) is 15.2 Å². The number of aromatic nitrogens is 1. The lowest BCUT2D eigenvalue weighted by Crippen LogP contribution is -2.46. The van der Waals surface area contributed by atoms with Gasteiger partial charge < -0.3 is 15.1 Å². The van der Waals surface area contributed by atoms with E-state index in [0.717, 1.165) is 56.2 Å². The molecule has 0 saturated carbocycles. The Bertz CT molecular complexity index is 1260. The zero-order valence-corrected chi connectivity index (χ0v) is 20.3. The van der Waals surface area contributed by atoms with E-state index in [-0.39, 0.29) is 22.7 Å². The maximum atomic E-state index is 13.2. The van der Waals surface area contributed by atoms with Gasteiger partial charge in [0.1, 0.15) is 11.6 Å². The number of anilines is 2. The first kappa shape index (κ1) is 24.6. The van der Waals surface area contributed by atoms with Crippen molar-refractivity contribution in [3.05, 3.63) is 83.8 Å². The molecule has 0 bridgehead atoms. The molecular weight excluding hydrogens is 469 g/mol. The third-order valence-corrected chi connectivity index (χ3v) is 7.33. The monoisotopic (exact) mass is 497 g/mol. The molecule has 8 nitrogen and oxygen atoms in total. The minimum Gasteiger partial charge on any atom is -0.354 e. The molecule has 2 heterocycles. The number of rotatable bonds is 8. The number of pyridine rings is 1. The number of nitrogens with zero attached hydrogens (tertiary/aromatic N) is 3. The highest BCUT2D eigenvalue weighted by molar-refractivity contribution is 7.92. The van der Waals surface area contributed by atoms with Gasteiger partial charge in [-0.15, -0.1) is 0 Å². The number of hydrogen-bond donors (Lipinski definition) is 2. The molecule has 0 unspecified atom stereocenters. The van der Waals surface area contributed by atoms with Gasteiger partial charge in [-0.1, -0.05) is 25.1 Å². The quantitative estimate of drug-likeness (QED) is 0.497. The van der Waals surface area contributed by atoms with Crippen molar-refractivity contribution in [1.29, 1.82) is 0 Å². The van der Waals surface area contributed by atoms with Gasteiger partial charge in [0, 0.05) is 38.9 Å². The third kappa shape index (κ3) is 6.14. The van der Waals surface area contributed by atoms with Gasteiger partial charge in [0.2, 0.25) is 0 Å². The number of para-hydroxylation sites is 1. The molecule has 1 saturated heterocycles. The fourth-order valence-corrected chi connectivity index (χ4v) is 4.95. The number of benzene rings is 2. The molecule has 0 spiro atoms. The Morgan fingerprint density at radius 2 is 1.71 bits per heavy atom. The van der Waals surface area contributed by atoms with Crippen LogP contribution in [0.25, 0.3) is 0 Å². The minimum atomic E-state index is -3.99. The molecule has 10 heteroatoms. The lowest BCUT2D eigenvalue weighted by atomic mass is 10.1. The van der Waals surface area contributed by atoms with Crippen molar-refractivity contribution >= 4 is 27.4 Å². The van der Waals surface area contributed by atoms with E-state index in [1.807, 2.05) is 12.1 Å². The Balaban J connectivity index is 1.39. The third-order valence-electron chi connectivity index (χ3n) is 5.95. The van der Waals surface area contributed by atoms with Crippen molar-refractivity contribution in [2.24, 2.45) is 0 Å². The number of sulfonamides is 1. The lowest BCUT2D eigenvalue weighted by molar-refractivity contribution is 0.0952. The highest BCUT2D eigenvalue weighted by Gasteiger charge is 2.19. The number of piperazine rings is 1. The molecule has 1 amide bonds. The first-order chi connectivity index (χ1) is 16.9. The van der Waals surface area contributed by atoms with E-state index < -0.39 is 21.7 Å². The predicted octanol–water partition coefficient (Wildman–Crippen LogP) is 3.09. The van der Waals surface area contributed by atoms with Crippen molar-refractivity contribution in [3.8, 4) is 0 Å². The Morgan fingerprint density at radius 3 is 2.37 bits per heavy atom. The van der Waals surface area contributed by atoms with Crippen LogP contribution in [0.1, 0.15) is 22.8 Å². The SMILES string of the molecule is CCN1CCN(c2ccc(CNC(=O)c3ccccc3NS(=O)(=O)c3ccc(F)cc3)cn2)CC1. The van der Waals surface area contributed by atoms with E-state index >= 15 is 0 Å². The summed E-state index contributed by atoms with van der Waals surface area (Å²) >= 11 is 0. The second kappa shape index (κ2) is 10.8.